The molecule has 0 amide bonds. The van der Waals surface area contributed by atoms with E-state index in [-0.39, 0.29) is 11.0 Å². The molecular formula is C14H27NO3S2Si. The van der Waals surface area contributed by atoms with Crippen molar-refractivity contribution in [2.75, 3.05) is 0 Å². The summed E-state index contributed by atoms with van der Waals surface area (Å²) in [4.78, 5) is 1.16. The first kappa shape index (κ1) is 18.8. The molecule has 0 aromatic carbocycles. The number of hydrogen-bond acceptors (Lipinski definition) is 4. The molecule has 0 aliphatic rings. The summed E-state index contributed by atoms with van der Waals surface area (Å²) in [6, 6.07) is 1.67. The van der Waals surface area contributed by atoms with Gasteiger partial charge in [0.25, 0.3) is 0 Å². The summed E-state index contributed by atoms with van der Waals surface area (Å²) in [5.74, 6) is 0. The molecule has 0 radical (unpaired) electrons. The predicted molar refractivity (Wildman–Crippen MR) is 91.6 cm³/mol. The van der Waals surface area contributed by atoms with Crippen LogP contribution < -0.4 is 5.14 Å². The molecule has 21 heavy (non-hydrogen) atoms. The summed E-state index contributed by atoms with van der Waals surface area (Å²) in [5.41, 5.74) is 0. The van der Waals surface area contributed by atoms with Crippen LogP contribution in [0.25, 0.3) is 0 Å². The Kier molecular flexibility index (Phi) is 7.06. The van der Waals surface area contributed by atoms with E-state index in [4.69, 9.17) is 9.56 Å². The Balaban J connectivity index is 2.82. The van der Waals surface area contributed by atoms with Gasteiger partial charge < -0.3 is 4.43 Å². The first-order valence-electron chi connectivity index (χ1n) is 7.42. The van der Waals surface area contributed by atoms with Gasteiger partial charge in [0.05, 0.1) is 11.0 Å². The quantitative estimate of drug-likeness (QED) is 0.535. The Morgan fingerprint density at radius 3 is 2.43 bits per heavy atom. The Labute approximate surface area is 133 Å². The summed E-state index contributed by atoms with van der Waals surface area (Å²) in [6.07, 6.45) is 5.66. The van der Waals surface area contributed by atoms with Crippen LogP contribution in [0.3, 0.4) is 0 Å². The fraction of sp³-hybridized carbons (Fsp3) is 0.714. The van der Waals surface area contributed by atoms with Gasteiger partial charge in [-0.2, -0.15) is 0 Å². The van der Waals surface area contributed by atoms with Gasteiger partial charge in [0.15, 0.2) is 8.32 Å². The van der Waals surface area contributed by atoms with E-state index in [1.54, 1.807) is 11.4 Å². The van der Waals surface area contributed by atoms with E-state index in [0.29, 0.717) is 0 Å². The number of thiophene rings is 1. The highest BCUT2D eigenvalue weighted by Gasteiger charge is 2.24. The van der Waals surface area contributed by atoms with Crippen LogP contribution in [-0.2, 0) is 14.4 Å². The lowest BCUT2D eigenvalue weighted by Crippen LogP contribution is -2.27. The van der Waals surface area contributed by atoms with Crippen molar-refractivity contribution in [1.29, 1.82) is 0 Å². The summed E-state index contributed by atoms with van der Waals surface area (Å²) in [5, 5.41) is 6.79. The molecule has 122 valence electrons. The average molecular weight is 350 g/mol. The summed E-state index contributed by atoms with van der Waals surface area (Å²) in [6.45, 7) is 8.65. The fourth-order valence-electron chi connectivity index (χ4n) is 2.09. The number of rotatable bonds is 9. The predicted octanol–water partition coefficient (Wildman–Crippen LogP) is 4.26. The third-order valence-corrected chi connectivity index (χ3v) is 6.12. The Morgan fingerprint density at radius 2 is 1.95 bits per heavy atom. The lowest BCUT2D eigenvalue weighted by molar-refractivity contribution is 0.186. The molecule has 0 saturated heterocycles. The zero-order chi connectivity index (χ0) is 16.1. The second-order valence-electron chi connectivity index (χ2n) is 6.30. The van der Waals surface area contributed by atoms with Crippen molar-refractivity contribution in [3.63, 3.8) is 0 Å². The van der Waals surface area contributed by atoms with Crippen LogP contribution in [0.4, 0.5) is 0 Å². The lowest BCUT2D eigenvalue weighted by Gasteiger charge is -2.25. The van der Waals surface area contributed by atoms with Crippen molar-refractivity contribution in [3.05, 3.63) is 16.3 Å². The molecule has 0 bridgehead atoms. The number of unbranched alkanes of at least 4 members (excludes halogenated alkanes) is 3. The topological polar surface area (TPSA) is 69.4 Å². The monoisotopic (exact) mass is 349 g/mol. The van der Waals surface area contributed by atoms with Crippen LogP contribution in [0.15, 0.2) is 16.3 Å². The zero-order valence-electron chi connectivity index (χ0n) is 13.4. The van der Waals surface area contributed by atoms with Crippen molar-refractivity contribution in [2.45, 2.75) is 69.7 Å². The molecule has 7 heteroatoms. The third kappa shape index (κ3) is 7.06. The largest absolute Gasteiger partial charge is 0.410 e. The number of hydrogen-bond donors (Lipinski definition) is 1. The highest BCUT2D eigenvalue weighted by atomic mass is 32.2. The lowest BCUT2D eigenvalue weighted by atomic mass is 10.1. The van der Waals surface area contributed by atoms with Gasteiger partial charge in [-0.25, -0.2) is 13.6 Å². The summed E-state index contributed by atoms with van der Waals surface area (Å²) >= 11 is 1.43. The van der Waals surface area contributed by atoms with Crippen molar-refractivity contribution >= 4 is 29.7 Å². The molecule has 0 aliphatic carbocycles. The third-order valence-electron chi connectivity index (χ3n) is 3.06. The normalized spacial score (nSPS) is 14.3. The van der Waals surface area contributed by atoms with Gasteiger partial charge >= 0.3 is 0 Å². The van der Waals surface area contributed by atoms with Crippen molar-refractivity contribution in [1.82, 2.24) is 0 Å². The maximum Gasteiger partial charge on any atom is 0.238 e. The molecule has 1 aromatic heterocycles. The molecule has 4 nitrogen and oxygen atoms in total. The van der Waals surface area contributed by atoms with Crippen LogP contribution in [-0.4, -0.2) is 16.7 Å². The van der Waals surface area contributed by atoms with Gasteiger partial charge in [0, 0.05) is 10.3 Å². The summed E-state index contributed by atoms with van der Waals surface area (Å²) in [7, 11) is -5.30. The SMILES string of the molecule is CCCCCCC(O[Si](C)(C)C)c1cc(S(N)(=O)=O)cs1. The molecule has 2 N–H and O–H groups in total. The second-order valence-corrected chi connectivity index (χ2v) is 13.3. The van der Waals surface area contributed by atoms with E-state index in [9.17, 15) is 8.42 Å². The van der Waals surface area contributed by atoms with E-state index in [0.717, 1.165) is 17.7 Å². The number of sulfonamides is 1. The fourth-order valence-corrected chi connectivity index (χ4v) is 5.16. The second kappa shape index (κ2) is 7.87. The molecule has 1 unspecified atom stereocenters. The van der Waals surface area contributed by atoms with Crippen LogP contribution in [0.5, 0.6) is 0 Å². The molecule has 0 aliphatic heterocycles. The average Bonchev–Trinajstić information content (AvgIpc) is 2.80. The molecule has 1 atom stereocenters. The van der Waals surface area contributed by atoms with Gasteiger partial charge in [0.2, 0.25) is 10.0 Å². The zero-order valence-corrected chi connectivity index (χ0v) is 16.0. The van der Waals surface area contributed by atoms with Gasteiger partial charge in [-0.3, -0.25) is 0 Å². The minimum Gasteiger partial charge on any atom is -0.410 e. The first-order chi connectivity index (χ1) is 9.63. The molecule has 1 aromatic rings. The van der Waals surface area contributed by atoms with Crippen molar-refractivity contribution in [2.24, 2.45) is 5.14 Å². The Bertz CT molecular complexity index is 535. The molecule has 0 fully saturated rings. The standard InChI is InChI=1S/C14H27NO3S2Si/c1-5-6-7-8-9-13(18-21(2,3)4)14-10-12(11-19-14)20(15,16)17/h10-11,13H,5-9H2,1-4H3,(H2,15,16,17). The van der Waals surface area contributed by atoms with Crippen LogP contribution >= 0.6 is 11.3 Å². The molecule has 1 heterocycles. The van der Waals surface area contributed by atoms with E-state index >= 15 is 0 Å². The van der Waals surface area contributed by atoms with Gasteiger partial charge in [-0.05, 0) is 32.1 Å². The van der Waals surface area contributed by atoms with Crippen LogP contribution in [0.1, 0.15) is 50.0 Å². The Morgan fingerprint density at radius 1 is 1.29 bits per heavy atom. The van der Waals surface area contributed by atoms with E-state index < -0.39 is 18.3 Å². The van der Waals surface area contributed by atoms with Crippen LogP contribution in [0.2, 0.25) is 19.6 Å². The summed E-state index contributed by atoms with van der Waals surface area (Å²) < 4.78 is 29.1. The van der Waals surface area contributed by atoms with Gasteiger partial charge in [-0.15, -0.1) is 11.3 Å². The van der Waals surface area contributed by atoms with Crippen LogP contribution in [0, 0.1) is 0 Å². The van der Waals surface area contributed by atoms with Crippen molar-refractivity contribution < 1.29 is 12.8 Å². The minimum atomic E-state index is -3.62. The highest BCUT2D eigenvalue weighted by Crippen LogP contribution is 2.33. The molecule has 0 saturated carbocycles. The highest BCUT2D eigenvalue weighted by molar-refractivity contribution is 7.89. The number of nitrogens with two attached hydrogens (primary N) is 1. The van der Waals surface area contributed by atoms with E-state index in [1.165, 1.54) is 30.6 Å². The first-order valence-corrected chi connectivity index (χ1v) is 13.3. The van der Waals surface area contributed by atoms with E-state index in [1.807, 2.05) is 0 Å². The smallest absolute Gasteiger partial charge is 0.238 e. The van der Waals surface area contributed by atoms with E-state index in [2.05, 4.69) is 26.6 Å². The van der Waals surface area contributed by atoms with Gasteiger partial charge in [-0.1, -0.05) is 32.6 Å². The molecule has 0 spiro atoms. The molecule has 1 rings (SSSR count). The minimum absolute atomic E-state index is 0.00553. The number of primary sulfonamides is 1. The van der Waals surface area contributed by atoms with Gasteiger partial charge in [0.1, 0.15) is 0 Å². The molecular weight excluding hydrogens is 322 g/mol. The van der Waals surface area contributed by atoms with Crippen molar-refractivity contribution in [3.8, 4) is 0 Å². The Hall–Kier alpha value is -0.213. The maximum atomic E-state index is 11.4. The maximum absolute atomic E-state index is 11.4.